The van der Waals surface area contributed by atoms with Gasteiger partial charge in [0.25, 0.3) is 0 Å². The van der Waals surface area contributed by atoms with Gasteiger partial charge in [-0.3, -0.25) is 4.68 Å². The molecule has 3 N–H and O–H groups in total. The van der Waals surface area contributed by atoms with E-state index in [4.69, 9.17) is 5.73 Å². The maximum absolute atomic E-state index is 13.0. The Hall–Kier alpha value is -2.11. The van der Waals surface area contributed by atoms with Gasteiger partial charge in [-0.05, 0) is 6.92 Å². The van der Waals surface area contributed by atoms with Crippen molar-refractivity contribution in [3.05, 3.63) is 36.0 Å². The van der Waals surface area contributed by atoms with Crippen molar-refractivity contribution in [1.29, 1.82) is 0 Å². The van der Waals surface area contributed by atoms with Gasteiger partial charge in [-0.15, -0.1) is 0 Å². The number of nitrogens with zero attached hydrogens (tertiary/aromatic N) is 2. The summed E-state index contributed by atoms with van der Waals surface area (Å²) in [5.41, 5.74) is 6.00. The van der Waals surface area contributed by atoms with Crippen LogP contribution in [0.4, 0.5) is 26.0 Å². The molecule has 0 aliphatic rings. The fraction of sp³-hybridized carbons (Fsp3) is 0.182. The first kappa shape index (κ1) is 11.4. The quantitative estimate of drug-likeness (QED) is 0.808. The predicted molar refractivity (Wildman–Crippen MR) is 62.0 cm³/mol. The van der Waals surface area contributed by atoms with E-state index in [-0.39, 0.29) is 5.69 Å². The third kappa shape index (κ3) is 2.35. The molecule has 2 aromatic rings. The summed E-state index contributed by atoms with van der Waals surface area (Å²) < 4.78 is 27.6. The van der Waals surface area contributed by atoms with Crippen LogP contribution in [0.2, 0.25) is 0 Å². The molecule has 0 unspecified atom stereocenters. The lowest BCUT2D eigenvalue weighted by Gasteiger charge is -2.07. The predicted octanol–water partition coefficient (Wildman–Crippen LogP) is 2.51. The lowest BCUT2D eigenvalue weighted by atomic mass is 10.2. The summed E-state index contributed by atoms with van der Waals surface area (Å²) in [6, 6.07) is 3.67. The maximum atomic E-state index is 13.0. The summed E-state index contributed by atoms with van der Waals surface area (Å²) in [6.07, 6.45) is 1.78. The molecule has 0 spiro atoms. The van der Waals surface area contributed by atoms with E-state index in [1.54, 1.807) is 16.9 Å². The largest absolute Gasteiger partial charge is 0.397 e. The molecule has 0 fully saturated rings. The van der Waals surface area contributed by atoms with Crippen LogP contribution in [0.3, 0.4) is 0 Å². The minimum atomic E-state index is -0.966. The van der Waals surface area contributed by atoms with E-state index in [1.807, 2.05) is 6.92 Å². The summed E-state index contributed by atoms with van der Waals surface area (Å²) in [7, 11) is 0. The normalized spacial score (nSPS) is 10.5. The highest BCUT2D eigenvalue weighted by molar-refractivity contribution is 5.71. The fourth-order valence-electron chi connectivity index (χ4n) is 1.41. The van der Waals surface area contributed by atoms with Crippen LogP contribution in [-0.4, -0.2) is 9.78 Å². The van der Waals surface area contributed by atoms with Crippen molar-refractivity contribution < 1.29 is 8.78 Å². The lowest BCUT2D eigenvalue weighted by Crippen LogP contribution is -2.01. The first-order valence-corrected chi connectivity index (χ1v) is 5.15. The molecular weight excluding hydrogens is 226 g/mol. The first-order valence-electron chi connectivity index (χ1n) is 5.15. The van der Waals surface area contributed by atoms with E-state index in [1.165, 1.54) is 0 Å². The van der Waals surface area contributed by atoms with E-state index >= 15 is 0 Å². The summed E-state index contributed by atoms with van der Waals surface area (Å²) >= 11 is 0. The van der Waals surface area contributed by atoms with E-state index in [0.717, 1.165) is 18.7 Å². The fourth-order valence-corrected chi connectivity index (χ4v) is 1.41. The third-order valence-electron chi connectivity index (χ3n) is 2.32. The molecule has 17 heavy (non-hydrogen) atoms. The van der Waals surface area contributed by atoms with Crippen molar-refractivity contribution in [2.45, 2.75) is 13.5 Å². The zero-order valence-electron chi connectivity index (χ0n) is 9.24. The Labute approximate surface area is 97.0 Å². The minimum Gasteiger partial charge on any atom is -0.397 e. The molecule has 0 bridgehead atoms. The second-order valence-electron chi connectivity index (χ2n) is 3.54. The number of halogens is 2. The van der Waals surface area contributed by atoms with E-state index in [0.29, 0.717) is 11.5 Å². The highest BCUT2D eigenvalue weighted by Gasteiger charge is 2.08. The maximum Gasteiger partial charge on any atom is 0.161 e. The molecule has 0 amide bonds. The molecule has 2 rings (SSSR count). The van der Waals surface area contributed by atoms with Gasteiger partial charge in [0.15, 0.2) is 17.5 Å². The van der Waals surface area contributed by atoms with Crippen molar-refractivity contribution in [3.63, 3.8) is 0 Å². The van der Waals surface area contributed by atoms with Gasteiger partial charge in [0.1, 0.15) is 0 Å². The molecule has 0 saturated carbocycles. The van der Waals surface area contributed by atoms with Gasteiger partial charge in [0, 0.05) is 30.9 Å². The number of anilines is 3. The van der Waals surface area contributed by atoms with Gasteiger partial charge in [-0.25, -0.2) is 8.78 Å². The van der Waals surface area contributed by atoms with Crippen LogP contribution < -0.4 is 11.1 Å². The van der Waals surface area contributed by atoms with Gasteiger partial charge in [0.05, 0.1) is 11.4 Å². The molecule has 0 saturated heterocycles. The summed E-state index contributed by atoms with van der Waals surface area (Å²) in [6.45, 7) is 2.68. The molecule has 90 valence electrons. The third-order valence-corrected chi connectivity index (χ3v) is 2.32. The molecule has 0 atom stereocenters. The van der Waals surface area contributed by atoms with Crippen LogP contribution >= 0.6 is 0 Å². The van der Waals surface area contributed by atoms with Crippen molar-refractivity contribution in [1.82, 2.24) is 9.78 Å². The molecule has 0 radical (unpaired) electrons. The molecule has 1 aromatic carbocycles. The average molecular weight is 238 g/mol. The van der Waals surface area contributed by atoms with Crippen molar-refractivity contribution in [2.24, 2.45) is 0 Å². The minimum absolute atomic E-state index is 0.134. The van der Waals surface area contributed by atoms with E-state index < -0.39 is 11.6 Å². The molecule has 0 aliphatic heterocycles. The highest BCUT2D eigenvalue weighted by atomic mass is 19.2. The number of aromatic nitrogens is 2. The Kier molecular flexibility index (Phi) is 2.95. The number of aryl methyl sites for hydroxylation is 1. The number of nitrogen functional groups attached to an aromatic ring is 1. The average Bonchev–Trinajstić information content (AvgIpc) is 2.73. The number of nitrogens with two attached hydrogens (primary N) is 1. The topological polar surface area (TPSA) is 55.9 Å². The Morgan fingerprint density at radius 1 is 1.35 bits per heavy atom. The van der Waals surface area contributed by atoms with Gasteiger partial charge in [-0.1, -0.05) is 0 Å². The Morgan fingerprint density at radius 2 is 2.06 bits per heavy atom. The lowest BCUT2D eigenvalue weighted by molar-refractivity contribution is 0.509. The van der Waals surface area contributed by atoms with Crippen LogP contribution in [0.15, 0.2) is 24.4 Å². The van der Waals surface area contributed by atoms with Gasteiger partial charge >= 0.3 is 0 Å². The van der Waals surface area contributed by atoms with E-state index in [9.17, 15) is 8.78 Å². The Morgan fingerprint density at radius 3 is 2.71 bits per heavy atom. The number of nitrogens with one attached hydrogen (secondary N) is 1. The molecule has 1 aromatic heterocycles. The number of hydrogen-bond donors (Lipinski definition) is 2. The SMILES string of the molecule is CCn1ccc(Nc2cc(F)c(F)cc2N)n1. The summed E-state index contributed by atoms with van der Waals surface area (Å²) in [5.74, 6) is -1.38. The van der Waals surface area contributed by atoms with Gasteiger partial charge < -0.3 is 11.1 Å². The monoisotopic (exact) mass is 238 g/mol. The summed E-state index contributed by atoms with van der Waals surface area (Å²) in [4.78, 5) is 0. The molecule has 4 nitrogen and oxygen atoms in total. The van der Waals surface area contributed by atoms with E-state index in [2.05, 4.69) is 10.4 Å². The van der Waals surface area contributed by atoms with Crippen molar-refractivity contribution in [3.8, 4) is 0 Å². The second-order valence-corrected chi connectivity index (χ2v) is 3.54. The zero-order valence-corrected chi connectivity index (χ0v) is 9.24. The first-order chi connectivity index (χ1) is 8.10. The standard InChI is InChI=1S/C11H12F2N4/c1-2-17-4-3-11(16-17)15-10-6-8(13)7(12)5-9(10)14/h3-6H,2,14H2,1H3,(H,15,16). The molecule has 6 heteroatoms. The van der Waals surface area contributed by atoms with Crippen LogP contribution in [-0.2, 0) is 6.54 Å². The Balaban J connectivity index is 2.26. The smallest absolute Gasteiger partial charge is 0.161 e. The van der Waals surface area contributed by atoms with Gasteiger partial charge in [-0.2, -0.15) is 5.10 Å². The van der Waals surface area contributed by atoms with Crippen LogP contribution in [0.5, 0.6) is 0 Å². The number of rotatable bonds is 3. The summed E-state index contributed by atoms with van der Waals surface area (Å²) in [5, 5.41) is 6.98. The molecular formula is C11H12F2N4. The van der Waals surface area contributed by atoms with Crippen LogP contribution in [0.1, 0.15) is 6.92 Å². The number of hydrogen-bond acceptors (Lipinski definition) is 3. The molecule has 0 aliphatic carbocycles. The Bertz CT molecular complexity index is 536. The van der Waals surface area contributed by atoms with Crippen molar-refractivity contribution >= 4 is 17.2 Å². The zero-order chi connectivity index (χ0) is 12.4. The van der Waals surface area contributed by atoms with Crippen molar-refractivity contribution in [2.75, 3.05) is 11.1 Å². The van der Waals surface area contributed by atoms with Gasteiger partial charge in [0.2, 0.25) is 0 Å². The second kappa shape index (κ2) is 4.40. The number of benzene rings is 1. The van der Waals surface area contributed by atoms with Crippen LogP contribution in [0, 0.1) is 11.6 Å². The highest BCUT2D eigenvalue weighted by Crippen LogP contribution is 2.24. The van der Waals surface area contributed by atoms with Crippen LogP contribution in [0.25, 0.3) is 0 Å². The molecule has 1 heterocycles.